The van der Waals surface area contributed by atoms with Crippen LogP contribution in [0.3, 0.4) is 0 Å². The summed E-state index contributed by atoms with van der Waals surface area (Å²) in [4.78, 5) is 11.2. The normalized spacial score (nSPS) is 18.0. The summed E-state index contributed by atoms with van der Waals surface area (Å²) in [5.41, 5.74) is 1.91. The van der Waals surface area contributed by atoms with Gasteiger partial charge in [0.2, 0.25) is 0 Å². The van der Waals surface area contributed by atoms with Crippen molar-refractivity contribution in [3.63, 3.8) is 0 Å². The van der Waals surface area contributed by atoms with Crippen molar-refractivity contribution in [3.05, 3.63) is 23.8 Å². The average Bonchev–Trinajstić information content (AvgIpc) is 2.92. The molecule has 1 aromatic heterocycles. The van der Waals surface area contributed by atoms with E-state index in [0.717, 1.165) is 17.5 Å². The highest BCUT2D eigenvalue weighted by Gasteiger charge is 2.26. The summed E-state index contributed by atoms with van der Waals surface area (Å²) < 4.78 is 1.96. The Bertz CT molecular complexity index is 644. The van der Waals surface area contributed by atoms with Gasteiger partial charge in [-0.25, -0.2) is 9.48 Å². The third kappa shape index (κ3) is 2.64. The first-order chi connectivity index (χ1) is 10.2. The number of aromatic nitrogens is 3. The van der Waals surface area contributed by atoms with Gasteiger partial charge < -0.3 is 5.11 Å². The number of aromatic carboxylic acids is 1. The molecule has 0 aliphatic heterocycles. The number of benzene rings is 1. The van der Waals surface area contributed by atoms with Crippen molar-refractivity contribution in [3.8, 4) is 0 Å². The molecule has 2 aromatic rings. The van der Waals surface area contributed by atoms with Gasteiger partial charge in [-0.05, 0) is 43.4 Å². The zero-order chi connectivity index (χ0) is 14.8. The van der Waals surface area contributed by atoms with Crippen LogP contribution in [0, 0.1) is 5.92 Å². The third-order valence-corrected chi connectivity index (χ3v) is 4.64. The first-order valence-electron chi connectivity index (χ1n) is 7.79. The number of carbonyl (C=O) groups is 1. The molecule has 112 valence electrons. The molecule has 1 aromatic carbocycles. The Morgan fingerprint density at radius 1 is 1.38 bits per heavy atom. The molecule has 21 heavy (non-hydrogen) atoms. The van der Waals surface area contributed by atoms with E-state index in [9.17, 15) is 4.79 Å². The molecule has 0 radical (unpaired) electrons. The van der Waals surface area contributed by atoms with Gasteiger partial charge in [-0.3, -0.25) is 0 Å². The van der Waals surface area contributed by atoms with Crippen LogP contribution in [0.1, 0.15) is 61.8 Å². The quantitative estimate of drug-likeness (QED) is 0.931. The van der Waals surface area contributed by atoms with E-state index in [2.05, 4.69) is 17.2 Å². The Hall–Kier alpha value is -1.91. The van der Waals surface area contributed by atoms with E-state index in [1.165, 1.54) is 32.1 Å². The van der Waals surface area contributed by atoms with E-state index in [4.69, 9.17) is 5.11 Å². The van der Waals surface area contributed by atoms with Crippen molar-refractivity contribution >= 4 is 17.0 Å². The van der Waals surface area contributed by atoms with E-state index in [-0.39, 0.29) is 0 Å². The number of nitrogens with zero attached hydrogens (tertiary/aromatic N) is 3. The predicted molar refractivity (Wildman–Crippen MR) is 80.4 cm³/mol. The molecule has 1 N–H and O–H groups in total. The van der Waals surface area contributed by atoms with Crippen LogP contribution in [-0.4, -0.2) is 26.1 Å². The molecule has 5 nitrogen and oxygen atoms in total. The molecule has 1 saturated carbocycles. The van der Waals surface area contributed by atoms with Gasteiger partial charge in [0.15, 0.2) is 0 Å². The monoisotopic (exact) mass is 287 g/mol. The third-order valence-electron chi connectivity index (χ3n) is 4.64. The molecule has 1 heterocycles. The number of hydrogen-bond donors (Lipinski definition) is 1. The Morgan fingerprint density at radius 3 is 2.81 bits per heavy atom. The Kier molecular flexibility index (Phi) is 3.90. The van der Waals surface area contributed by atoms with Crippen LogP contribution in [0.5, 0.6) is 0 Å². The van der Waals surface area contributed by atoms with Gasteiger partial charge in [-0.2, -0.15) is 0 Å². The zero-order valence-corrected chi connectivity index (χ0v) is 12.3. The second-order valence-corrected chi connectivity index (χ2v) is 5.92. The molecular formula is C16H21N3O2. The maximum Gasteiger partial charge on any atom is 0.335 e. The van der Waals surface area contributed by atoms with Crippen LogP contribution in [0.25, 0.3) is 11.0 Å². The number of carboxylic acid groups (broad SMARTS) is 1. The zero-order valence-electron chi connectivity index (χ0n) is 12.3. The van der Waals surface area contributed by atoms with Crippen LogP contribution in [-0.2, 0) is 0 Å². The van der Waals surface area contributed by atoms with Crippen molar-refractivity contribution in [1.82, 2.24) is 15.0 Å². The maximum absolute atomic E-state index is 11.2. The first kappa shape index (κ1) is 14.0. The number of hydrogen-bond acceptors (Lipinski definition) is 3. The van der Waals surface area contributed by atoms with Crippen molar-refractivity contribution in [2.24, 2.45) is 5.92 Å². The minimum absolute atomic E-state index is 0.296. The van der Waals surface area contributed by atoms with Gasteiger partial charge in [0.05, 0.1) is 17.1 Å². The van der Waals surface area contributed by atoms with Crippen LogP contribution in [0.2, 0.25) is 0 Å². The number of rotatable bonds is 4. The van der Waals surface area contributed by atoms with Crippen molar-refractivity contribution in [1.29, 1.82) is 0 Å². The topological polar surface area (TPSA) is 68.0 Å². The highest BCUT2D eigenvalue weighted by atomic mass is 16.4. The smallest absolute Gasteiger partial charge is 0.335 e. The lowest BCUT2D eigenvalue weighted by Gasteiger charge is -2.29. The Morgan fingerprint density at radius 2 is 2.14 bits per heavy atom. The summed E-state index contributed by atoms with van der Waals surface area (Å²) in [7, 11) is 0. The van der Waals surface area contributed by atoms with Crippen molar-refractivity contribution in [2.75, 3.05) is 0 Å². The molecule has 3 rings (SSSR count). The van der Waals surface area contributed by atoms with E-state index >= 15 is 0 Å². The molecule has 0 saturated heterocycles. The molecule has 5 heteroatoms. The summed E-state index contributed by atoms with van der Waals surface area (Å²) in [5, 5.41) is 17.7. The highest BCUT2D eigenvalue weighted by Crippen LogP contribution is 2.35. The number of carboxylic acids is 1. The maximum atomic E-state index is 11.2. The summed E-state index contributed by atoms with van der Waals surface area (Å²) in [6, 6.07) is 5.35. The molecule has 1 atom stereocenters. The molecule has 1 aliphatic carbocycles. The fraction of sp³-hybridized carbons (Fsp3) is 0.562. The molecule has 1 aliphatic rings. The van der Waals surface area contributed by atoms with Crippen LogP contribution >= 0.6 is 0 Å². The lowest BCUT2D eigenvalue weighted by molar-refractivity contribution is 0.0697. The predicted octanol–water partition coefficient (Wildman–Crippen LogP) is 3.66. The van der Waals surface area contributed by atoms with Crippen LogP contribution in [0.4, 0.5) is 0 Å². The van der Waals surface area contributed by atoms with Gasteiger partial charge in [0, 0.05) is 0 Å². The van der Waals surface area contributed by atoms with Crippen molar-refractivity contribution in [2.45, 2.75) is 51.5 Å². The largest absolute Gasteiger partial charge is 0.478 e. The highest BCUT2D eigenvalue weighted by molar-refractivity contribution is 5.92. The summed E-state index contributed by atoms with van der Waals surface area (Å²) >= 11 is 0. The van der Waals surface area contributed by atoms with Gasteiger partial charge >= 0.3 is 5.97 Å². The van der Waals surface area contributed by atoms with E-state index < -0.39 is 5.97 Å². The standard InChI is InChI=1S/C16H21N3O2/c1-2-14(11-6-4-3-5-7-11)19-15-10-12(16(20)21)8-9-13(15)17-18-19/h8-11,14H,2-7H2,1H3,(H,20,21). The SMILES string of the molecule is CCC(C1CCCCC1)n1nnc2ccc(C(=O)O)cc21. The van der Waals surface area contributed by atoms with E-state index in [0.29, 0.717) is 17.5 Å². The molecule has 0 bridgehead atoms. The second-order valence-electron chi connectivity index (χ2n) is 5.92. The second kappa shape index (κ2) is 5.84. The van der Waals surface area contributed by atoms with Crippen LogP contribution in [0.15, 0.2) is 18.2 Å². The Labute approximate surface area is 124 Å². The molecular weight excluding hydrogens is 266 g/mol. The lowest BCUT2D eigenvalue weighted by Crippen LogP contribution is -2.22. The van der Waals surface area contributed by atoms with Gasteiger partial charge in [0.25, 0.3) is 0 Å². The fourth-order valence-corrected chi connectivity index (χ4v) is 3.54. The average molecular weight is 287 g/mol. The fourth-order valence-electron chi connectivity index (χ4n) is 3.54. The molecule has 1 fully saturated rings. The minimum atomic E-state index is -0.907. The summed E-state index contributed by atoms with van der Waals surface area (Å²) in [5.74, 6) is -0.280. The molecule has 1 unspecified atom stereocenters. The Balaban J connectivity index is 2.00. The molecule has 0 spiro atoms. The van der Waals surface area contributed by atoms with E-state index in [1.807, 2.05) is 4.68 Å². The van der Waals surface area contributed by atoms with Crippen molar-refractivity contribution < 1.29 is 9.90 Å². The molecule has 0 amide bonds. The summed E-state index contributed by atoms with van der Waals surface area (Å²) in [6.45, 7) is 2.17. The van der Waals surface area contributed by atoms with Crippen LogP contribution < -0.4 is 0 Å². The number of fused-ring (bicyclic) bond motifs is 1. The lowest BCUT2D eigenvalue weighted by atomic mass is 9.83. The minimum Gasteiger partial charge on any atom is -0.478 e. The van der Waals surface area contributed by atoms with Gasteiger partial charge in [-0.15, -0.1) is 5.10 Å². The summed E-state index contributed by atoms with van der Waals surface area (Å²) in [6.07, 6.45) is 7.37. The van der Waals surface area contributed by atoms with E-state index in [1.54, 1.807) is 18.2 Å². The first-order valence-corrected chi connectivity index (χ1v) is 7.79. The van der Waals surface area contributed by atoms with Gasteiger partial charge in [0.1, 0.15) is 5.52 Å². The van der Waals surface area contributed by atoms with Gasteiger partial charge in [-0.1, -0.05) is 31.4 Å².